The first-order valence-corrected chi connectivity index (χ1v) is 9.36. The fourth-order valence-electron chi connectivity index (χ4n) is 3.62. The van der Waals surface area contributed by atoms with Gasteiger partial charge in [-0.1, -0.05) is 0 Å². The summed E-state index contributed by atoms with van der Waals surface area (Å²) in [6.07, 6.45) is 9.30. The molecule has 0 aliphatic carbocycles. The average molecular weight is 358 g/mol. The van der Waals surface area contributed by atoms with E-state index in [1.165, 1.54) is 12.8 Å². The van der Waals surface area contributed by atoms with Crippen molar-refractivity contribution in [2.45, 2.75) is 51.9 Å². The lowest BCUT2D eigenvalue weighted by Crippen LogP contribution is -2.50. The first-order chi connectivity index (χ1) is 12.7. The number of urea groups is 1. The van der Waals surface area contributed by atoms with Crippen LogP contribution in [0.2, 0.25) is 0 Å². The predicted octanol–water partition coefficient (Wildman–Crippen LogP) is 1.33. The monoisotopic (exact) mass is 358 g/mol. The van der Waals surface area contributed by atoms with Gasteiger partial charge in [-0.05, 0) is 25.3 Å². The fraction of sp³-hybridized carbons (Fsp3) is 0.611. The molecule has 2 aliphatic heterocycles. The van der Waals surface area contributed by atoms with E-state index in [9.17, 15) is 4.79 Å². The maximum Gasteiger partial charge on any atom is 0.317 e. The van der Waals surface area contributed by atoms with Gasteiger partial charge in [0.15, 0.2) is 0 Å². The summed E-state index contributed by atoms with van der Waals surface area (Å²) < 4.78 is 9.87. The lowest BCUT2D eigenvalue weighted by molar-refractivity contribution is -0.0237. The van der Waals surface area contributed by atoms with Gasteiger partial charge in [0, 0.05) is 31.9 Å². The molecule has 0 bridgehead atoms. The number of morpholine rings is 1. The highest BCUT2D eigenvalue weighted by Crippen LogP contribution is 2.14. The van der Waals surface area contributed by atoms with Crippen LogP contribution in [-0.2, 0) is 30.8 Å². The molecule has 0 aromatic carbocycles. The third kappa shape index (κ3) is 3.90. The Morgan fingerprint density at radius 1 is 1.35 bits per heavy atom. The summed E-state index contributed by atoms with van der Waals surface area (Å²) in [5.41, 5.74) is 2.06. The number of carbonyl (C=O) groups is 1. The van der Waals surface area contributed by atoms with E-state index in [0.29, 0.717) is 32.8 Å². The highest BCUT2D eigenvalue weighted by molar-refractivity contribution is 5.74. The molecular formula is C18H26N6O2. The normalized spacial score (nSPS) is 20.0. The highest BCUT2D eigenvalue weighted by atomic mass is 16.5. The topological polar surface area (TPSA) is 77.2 Å². The minimum absolute atomic E-state index is 0.0336. The third-order valence-corrected chi connectivity index (χ3v) is 4.96. The first kappa shape index (κ1) is 17.1. The van der Waals surface area contributed by atoms with E-state index in [1.54, 1.807) is 0 Å². The van der Waals surface area contributed by atoms with Crippen LogP contribution in [0.1, 0.15) is 29.9 Å². The van der Waals surface area contributed by atoms with Gasteiger partial charge >= 0.3 is 6.03 Å². The molecule has 0 spiro atoms. The van der Waals surface area contributed by atoms with Crippen LogP contribution in [0.5, 0.6) is 0 Å². The number of nitrogens with one attached hydrogen (secondary N) is 1. The predicted molar refractivity (Wildman–Crippen MR) is 95.7 cm³/mol. The van der Waals surface area contributed by atoms with Crippen molar-refractivity contribution in [1.82, 2.24) is 29.5 Å². The number of hydrogen-bond acceptors (Lipinski definition) is 4. The molecule has 2 aromatic rings. The van der Waals surface area contributed by atoms with Crippen molar-refractivity contribution in [2.75, 3.05) is 19.7 Å². The molecule has 8 heteroatoms. The molecule has 140 valence electrons. The molecule has 0 saturated carbocycles. The Labute approximate surface area is 153 Å². The van der Waals surface area contributed by atoms with E-state index in [-0.39, 0.29) is 12.1 Å². The van der Waals surface area contributed by atoms with Crippen LogP contribution in [0.25, 0.3) is 0 Å². The minimum Gasteiger partial charge on any atom is -0.373 e. The molecular weight excluding hydrogens is 332 g/mol. The van der Waals surface area contributed by atoms with Gasteiger partial charge < -0.3 is 19.5 Å². The molecule has 1 N–H and O–H groups in total. The number of aromatic nitrogens is 4. The molecule has 4 heterocycles. The van der Waals surface area contributed by atoms with Crippen LogP contribution in [0.3, 0.4) is 0 Å². The number of fused-ring (bicyclic) bond motifs is 1. The largest absolute Gasteiger partial charge is 0.373 e. The number of carbonyl (C=O) groups excluding carboxylic acids is 1. The van der Waals surface area contributed by atoms with E-state index in [4.69, 9.17) is 4.74 Å². The van der Waals surface area contributed by atoms with Crippen LogP contribution in [-0.4, -0.2) is 56.1 Å². The molecule has 2 amide bonds. The van der Waals surface area contributed by atoms with Gasteiger partial charge in [-0.3, -0.25) is 4.68 Å². The van der Waals surface area contributed by atoms with Crippen molar-refractivity contribution in [3.63, 3.8) is 0 Å². The third-order valence-electron chi connectivity index (χ3n) is 4.96. The summed E-state index contributed by atoms with van der Waals surface area (Å²) in [5.74, 6) is 1.14. The Morgan fingerprint density at radius 2 is 2.27 bits per heavy atom. The number of imidazole rings is 1. The molecule has 0 unspecified atom stereocenters. The smallest absolute Gasteiger partial charge is 0.317 e. The zero-order valence-electron chi connectivity index (χ0n) is 15.2. The Hall–Kier alpha value is -2.35. The Bertz CT molecular complexity index is 744. The SMILES string of the molecule is Cc1cnn(C[C@H]2CN(C(=O)NCc3cn4c(n3)CCCC4)CCO2)c1. The molecule has 4 rings (SSSR count). The summed E-state index contributed by atoms with van der Waals surface area (Å²) in [6, 6.07) is -0.0547. The van der Waals surface area contributed by atoms with Gasteiger partial charge in [-0.15, -0.1) is 0 Å². The average Bonchev–Trinajstić information content (AvgIpc) is 3.25. The molecule has 8 nitrogen and oxygen atoms in total. The summed E-state index contributed by atoms with van der Waals surface area (Å²) in [6.45, 7) is 5.92. The van der Waals surface area contributed by atoms with Crippen LogP contribution in [0, 0.1) is 6.92 Å². The van der Waals surface area contributed by atoms with E-state index in [1.807, 2.05) is 28.9 Å². The Balaban J connectivity index is 1.29. The zero-order chi connectivity index (χ0) is 17.9. The van der Waals surface area contributed by atoms with Gasteiger partial charge in [0.05, 0.1) is 44.2 Å². The van der Waals surface area contributed by atoms with Crippen molar-refractivity contribution in [3.8, 4) is 0 Å². The number of nitrogens with zero attached hydrogens (tertiary/aromatic N) is 5. The molecule has 1 fully saturated rings. The van der Waals surface area contributed by atoms with E-state index in [0.717, 1.165) is 30.0 Å². The number of rotatable bonds is 4. The van der Waals surface area contributed by atoms with Crippen molar-refractivity contribution in [3.05, 3.63) is 35.7 Å². The second kappa shape index (κ2) is 7.49. The van der Waals surface area contributed by atoms with Crippen molar-refractivity contribution < 1.29 is 9.53 Å². The molecule has 2 aliphatic rings. The number of ether oxygens (including phenoxy) is 1. The summed E-state index contributed by atoms with van der Waals surface area (Å²) in [4.78, 5) is 19.0. The Morgan fingerprint density at radius 3 is 3.08 bits per heavy atom. The van der Waals surface area contributed by atoms with Crippen LogP contribution in [0.15, 0.2) is 18.6 Å². The van der Waals surface area contributed by atoms with Crippen molar-refractivity contribution in [1.29, 1.82) is 0 Å². The molecule has 1 atom stereocenters. The minimum atomic E-state index is -0.0547. The second-order valence-corrected chi connectivity index (χ2v) is 7.14. The van der Waals surface area contributed by atoms with E-state index in [2.05, 4.69) is 26.2 Å². The lowest BCUT2D eigenvalue weighted by atomic mass is 10.2. The highest BCUT2D eigenvalue weighted by Gasteiger charge is 2.25. The van der Waals surface area contributed by atoms with Crippen molar-refractivity contribution in [2.24, 2.45) is 0 Å². The molecule has 0 radical (unpaired) electrons. The van der Waals surface area contributed by atoms with Crippen LogP contribution < -0.4 is 5.32 Å². The quantitative estimate of drug-likeness (QED) is 0.895. The van der Waals surface area contributed by atoms with Gasteiger partial charge in [-0.25, -0.2) is 9.78 Å². The first-order valence-electron chi connectivity index (χ1n) is 9.36. The van der Waals surface area contributed by atoms with Crippen LogP contribution in [0.4, 0.5) is 4.79 Å². The van der Waals surface area contributed by atoms with Gasteiger partial charge in [0.25, 0.3) is 0 Å². The number of amides is 2. The molecule has 26 heavy (non-hydrogen) atoms. The van der Waals surface area contributed by atoms with Gasteiger partial charge in [-0.2, -0.15) is 5.10 Å². The van der Waals surface area contributed by atoms with Gasteiger partial charge in [0.1, 0.15) is 5.82 Å². The Kier molecular flexibility index (Phi) is 4.92. The summed E-state index contributed by atoms with van der Waals surface area (Å²) >= 11 is 0. The fourth-order valence-corrected chi connectivity index (χ4v) is 3.62. The number of aryl methyl sites for hydroxylation is 3. The maximum atomic E-state index is 12.5. The molecule has 2 aromatic heterocycles. The lowest BCUT2D eigenvalue weighted by Gasteiger charge is -2.32. The molecule has 1 saturated heterocycles. The standard InChI is InChI=1S/C18H26N6O2/c1-14-8-20-24(10-14)13-16-12-23(6-7-26-16)18(25)19-9-15-11-22-5-3-2-4-17(22)21-15/h8,10-11,16H,2-7,9,12-13H2,1H3,(H,19,25)/t16-/m1/s1. The summed E-state index contributed by atoms with van der Waals surface area (Å²) in [5, 5.41) is 7.29. The second-order valence-electron chi connectivity index (χ2n) is 7.14. The number of hydrogen-bond donors (Lipinski definition) is 1. The van der Waals surface area contributed by atoms with E-state index >= 15 is 0 Å². The summed E-state index contributed by atoms with van der Waals surface area (Å²) in [7, 11) is 0. The van der Waals surface area contributed by atoms with Gasteiger partial charge in [0.2, 0.25) is 0 Å². The van der Waals surface area contributed by atoms with Crippen molar-refractivity contribution >= 4 is 6.03 Å². The zero-order valence-corrected chi connectivity index (χ0v) is 15.2. The van der Waals surface area contributed by atoms with Crippen LogP contribution >= 0.6 is 0 Å². The van der Waals surface area contributed by atoms with E-state index < -0.39 is 0 Å². The maximum absolute atomic E-state index is 12.5.